The molecule has 0 saturated carbocycles. The first-order valence-corrected chi connectivity index (χ1v) is 7.82. The Morgan fingerprint density at radius 2 is 1.92 bits per heavy atom. The zero-order valence-corrected chi connectivity index (χ0v) is 14.0. The lowest BCUT2D eigenvalue weighted by atomic mass is 9.96. The van der Waals surface area contributed by atoms with Crippen LogP contribution in [0.1, 0.15) is 19.4 Å². The van der Waals surface area contributed by atoms with Gasteiger partial charge in [0.05, 0.1) is 11.4 Å². The first-order valence-electron chi connectivity index (χ1n) is 7.82. The van der Waals surface area contributed by atoms with E-state index < -0.39 is 5.54 Å². The molecule has 0 saturated heterocycles. The van der Waals surface area contributed by atoms with Crippen LogP contribution in [0.25, 0.3) is 0 Å². The Kier molecular flexibility index (Phi) is 4.01. The summed E-state index contributed by atoms with van der Waals surface area (Å²) < 4.78 is 5.62. The molecule has 0 bridgehead atoms. The molecule has 5 heteroatoms. The first kappa shape index (κ1) is 16.1. The van der Waals surface area contributed by atoms with Gasteiger partial charge in [-0.15, -0.1) is 0 Å². The Balaban J connectivity index is 1.86. The van der Waals surface area contributed by atoms with Gasteiger partial charge < -0.3 is 10.1 Å². The van der Waals surface area contributed by atoms with Crippen LogP contribution in [-0.2, 0) is 9.59 Å². The van der Waals surface area contributed by atoms with Gasteiger partial charge in [0, 0.05) is 0 Å². The third-order valence-electron chi connectivity index (χ3n) is 4.11. The summed E-state index contributed by atoms with van der Waals surface area (Å²) in [5.41, 5.74) is 1.38. The van der Waals surface area contributed by atoms with Crippen LogP contribution in [-0.4, -0.2) is 24.0 Å². The smallest absolute Gasteiger partial charge is 0.265 e. The normalized spacial score (nSPS) is 15.5. The molecule has 0 atom stereocenters. The van der Waals surface area contributed by atoms with Gasteiger partial charge >= 0.3 is 0 Å². The lowest BCUT2D eigenvalue weighted by molar-refractivity contribution is -0.127. The third-order valence-corrected chi connectivity index (χ3v) is 4.11. The van der Waals surface area contributed by atoms with Crippen molar-refractivity contribution in [1.29, 1.82) is 0 Å². The molecule has 2 amide bonds. The van der Waals surface area contributed by atoms with Gasteiger partial charge in [-0.1, -0.05) is 24.3 Å². The number of hydrogen-bond donors (Lipinski definition) is 1. The molecular weight excluding hydrogens is 304 g/mol. The Morgan fingerprint density at radius 3 is 2.67 bits per heavy atom. The summed E-state index contributed by atoms with van der Waals surface area (Å²) in [5, 5.41) is 2.84. The minimum atomic E-state index is -0.985. The fraction of sp³-hybridized carbons (Fsp3) is 0.263. The van der Waals surface area contributed by atoms with E-state index in [2.05, 4.69) is 5.32 Å². The van der Waals surface area contributed by atoms with Crippen LogP contribution in [0.4, 0.5) is 11.4 Å². The van der Waals surface area contributed by atoms with Gasteiger partial charge in [-0.05, 0) is 50.6 Å². The van der Waals surface area contributed by atoms with E-state index in [0.717, 1.165) is 5.56 Å². The molecule has 3 rings (SSSR count). The number of ether oxygens (including phenoxy) is 1. The second-order valence-electron chi connectivity index (χ2n) is 6.36. The van der Waals surface area contributed by atoms with Crippen LogP contribution in [0, 0.1) is 6.92 Å². The zero-order valence-electron chi connectivity index (χ0n) is 14.0. The van der Waals surface area contributed by atoms with Crippen LogP contribution in [0.15, 0.2) is 48.5 Å². The quantitative estimate of drug-likeness (QED) is 0.943. The van der Waals surface area contributed by atoms with Crippen LogP contribution in [0.5, 0.6) is 5.75 Å². The van der Waals surface area contributed by atoms with E-state index in [-0.39, 0.29) is 18.4 Å². The molecule has 0 unspecified atom stereocenters. The van der Waals surface area contributed by atoms with Gasteiger partial charge in [-0.3, -0.25) is 14.5 Å². The number of carbonyl (C=O) groups is 2. The summed E-state index contributed by atoms with van der Waals surface area (Å²) in [4.78, 5) is 26.7. The number of rotatable bonds is 3. The van der Waals surface area contributed by atoms with Gasteiger partial charge in [0.15, 0.2) is 6.61 Å². The predicted molar refractivity (Wildman–Crippen MR) is 93.3 cm³/mol. The average molecular weight is 324 g/mol. The molecule has 1 N–H and O–H groups in total. The number of para-hydroxylation sites is 2. The maximum absolute atomic E-state index is 12.8. The lowest BCUT2D eigenvalue weighted by Crippen LogP contribution is -2.59. The Hall–Kier alpha value is -2.82. The standard InChI is InChI=1S/C19H20N2O3/c1-13-7-6-8-14(11-13)24-12-17(22)21-16-10-5-4-9-15(16)20-18(23)19(21,2)3/h4-11H,12H2,1-3H3,(H,20,23). The minimum Gasteiger partial charge on any atom is -0.484 e. The number of nitrogens with one attached hydrogen (secondary N) is 1. The third kappa shape index (κ3) is 2.85. The van der Waals surface area contributed by atoms with Crippen LogP contribution in [0.3, 0.4) is 0 Å². The van der Waals surface area contributed by atoms with Crippen molar-refractivity contribution in [2.24, 2.45) is 0 Å². The number of nitrogens with zero attached hydrogens (tertiary/aromatic N) is 1. The highest BCUT2D eigenvalue weighted by Gasteiger charge is 2.43. The van der Waals surface area contributed by atoms with E-state index in [1.54, 1.807) is 19.9 Å². The van der Waals surface area contributed by atoms with Crippen molar-refractivity contribution >= 4 is 23.2 Å². The van der Waals surface area contributed by atoms with Crippen molar-refractivity contribution in [1.82, 2.24) is 0 Å². The molecule has 5 nitrogen and oxygen atoms in total. The second kappa shape index (κ2) is 6.00. The number of anilines is 2. The molecule has 2 aromatic rings. The number of hydrogen-bond acceptors (Lipinski definition) is 3. The number of benzene rings is 2. The number of carbonyl (C=O) groups excluding carboxylic acids is 2. The van der Waals surface area contributed by atoms with E-state index in [9.17, 15) is 9.59 Å². The Morgan fingerprint density at radius 1 is 1.17 bits per heavy atom. The van der Waals surface area contributed by atoms with Crippen LogP contribution < -0.4 is 15.0 Å². The van der Waals surface area contributed by atoms with E-state index in [4.69, 9.17) is 4.74 Å². The predicted octanol–water partition coefficient (Wildman–Crippen LogP) is 3.14. The zero-order chi connectivity index (χ0) is 17.3. The fourth-order valence-corrected chi connectivity index (χ4v) is 2.81. The summed E-state index contributed by atoms with van der Waals surface area (Å²) in [6, 6.07) is 14.8. The van der Waals surface area contributed by atoms with Crippen molar-refractivity contribution in [3.05, 3.63) is 54.1 Å². The molecular formula is C19H20N2O3. The second-order valence-corrected chi connectivity index (χ2v) is 6.36. The summed E-state index contributed by atoms with van der Waals surface area (Å²) in [5.74, 6) is 0.157. The van der Waals surface area contributed by atoms with Crippen LogP contribution in [0.2, 0.25) is 0 Å². The summed E-state index contributed by atoms with van der Waals surface area (Å²) in [6.07, 6.45) is 0. The van der Waals surface area contributed by atoms with Crippen molar-refractivity contribution in [3.63, 3.8) is 0 Å². The van der Waals surface area contributed by atoms with Crippen molar-refractivity contribution in [3.8, 4) is 5.75 Å². The summed E-state index contributed by atoms with van der Waals surface area (Å²) in [7, 11) is 0. The fourth-order valence-electron chi connectivity index (χ4n) is 2.81. The Labute approximate surface area is 141 Å². The molecule has 0 aliphatic carbocycles. The molecule has 1 aliphatic rings. The lowest BCUT2D eigenvalue weighted by Gasteiger charge is -2.41. The van der Waals surface area contributed by atoms with Crippen LogP contribution >= 0.6 is 0 Å². The highest BCUT2D eigenvalue weighted by atomic mass is 16.5. The minimum absolute atomic E-state index is 0.130. The van der Waals surface area contributed by atoms with Crippen molar-refractivity contribution in [2.45, 2.75) is 26.3 Å². The van der Waals surface area contributed by atoms with Crippen molar-refractivity contribution in [2.75, 3.05) is 16.8 Å². The first-order chi connectivity index (χ1) is 11.4. The van der Waals surface area contributed by atoms with E-state index in [1.165, 1.54) is 4.90 Å². The maximum atomic E-state index is 12.8. The molecule has 0 fully saturated rings. The average Bonchev–Trinajstić information content (AvgIpc) is 2.54. The number of amides is 2. The van der Waals surface area contributed by atoms with Gasteiger partial charge in [0.1, 0.15) is 11.3 Å². The molecule has 1 heterocycles. The summed E-state index contributed by atoms with van der Waals surface area (Å²) >= 11 is 0. The van der Waals surface area contributed by atoms with E-state index in [1.807, 2.05) is 49.4 Å². The molecule has 0 spiro atoms. The van der Waals surface area contributed by atoms with Crippen molar-refractivity contribution < 1.29 is 14.3 Å². The topological polar surface area (TPSA) is 58.6 Å². The van der Waals surface area contributed by atoms with E-state index in [0.29, 0.717) is 17.1 Å². The van der Waals surface area contributed by atoms with Gasteiger partial charge in [-0.25, -0.2) is 0 Å². The molecule has 124 valence electrons. The van der Waals surface area contributed by atoms with Gasteiger partial charge in [0.2, 0.25) is 5.91 Å². The molecule has 0 aromatic heterocycles. The molecule has 0 radical (unpaired) electrons. The molecule has 1 aliphatic heterocycles. The SMILES string of the molecule is Cc1cccc(OCC(=O)N2c3ccccc3NC(=O)C2(C)C)c1. The molecule has 2 aromatic carbocycles. The van der Waals surface area contributed by atoms with Gasteiger partial charge in [0.25, 0.3) is 5.91 Å². The Bertz CT molecular complexity index is 799. The van der Waals surface area contributed by atoms with Gasteiger partial charge in [-0.2, -0.15) is 0 Å². The summed E-state index contributed by atoms with van der Waals surface area (Å²) in [6.45, 7) is 5.28. The highest BCUT2D eigenvalue weighted by Crippen LogP contribution is 2.36. The van der Waals surface area contributed by atoms with E-state index >= 15 is 0 Å². The molecule has 24 heavy (non-hydrogen) atoms. The maximum Gasteiger partial charge on any atom is 0.265 e. The number of fused-ring (bicyclic) bond motifs is 1. The number of aryl methyl sites for hydroxylation is 1. The monoisotopic (exact) mass is 324 g/mol. The highest BCUT2D eigenvalue weighted by molar-refractivity contribution is 6.14. The largest absolute Gasteiger partial charge is 0.484 e.